The summed E-state index contributed by atoms with van der Waals surface area (Å²) in [5.41, 5.74) is 4.43. The monoisotopic (exact) mass is 442 g/mol. The molecule has 0 radical (unpaired) electrons. The Labute approximate surface area is 192 Å². The predicted molar refractivity (Wildman–Crippen MR) is 132 cm³/mol. The first-order chi connectivity index (χ1) is 15.5. The summed E-state index contributed by atoms with van der Waals surface area (Å²) in [5, 5.41) is 3.97. The summed E-state index contributed by atoms with van der Waals surface area (Å²) in [4.78, 5) is 18.7. The van der Waals surface area contributed by atoms with Crippen molar-refractivity contribution in [3.05, 3.63) is 89.3 Å². The summed E-state index contributed by atoms with van der Waals surface area (Å²) in [6, 6.07) is 25.3. The van der Waals surface area contributed by atoms with Gasteiger partial charge in [-0.25, -0.2) is 4.98 Å². The number of amides is 1. The molecule has 0 saturated carbocycles. The molecule has 0 atom stereocenters. The van der Waals surface area contributed by atoms with Crippen LogP contribution in [-0.4, -0.2) is 17.5 Å². The molecule has 0 aliphatic rings. The summed E-state index contributed by atoms with van der Waals surface area (Å²) in [6.45, 7) is 6.89. The third-order valence-corrected chi connectivity index (χ3v) is 5.93. The zero-order chi connectivity index (χ0) is 22.5. The van der Waals surface area contributed by atoms with Crippen LogP contribution in [0.1, 0.15) is 29.1 Å². The molecule has 1 N–H and O–H groups in total. The van der Waals surface area contributed by atoms with Crippen LogP contribution in [-0.2, 0) is 0 Å². The van der Waals surface area contributed by atoms with Gasteiger partial charge in [0.25, 0.3) is 5.91 Å². The van der Waals surface area contributed by atoms with Crippen LogP contribution in [0.5, 0.6) is 5.75 Å². The summed E-state index contributed by atoms with van der Waals surface area (Å²) in [7, 11) is 0. The molecule has 0 saturated heterocycles. The molecule has 162 valence electrons. The van der Waals surface area contributed by atoms with Gasteiger partial charge in [0, 0.05) is 27.3 Å². The molecular formula is C27H26N2O2S. The number of thiazole rings is 1. The second-order valence-corrected chi connectivity index (χ2v) is 9.26. The second-order valence-electron chi connectivity index (χ2n) is 8.05. The first-order valence-electron chi connectivity index (χ1n) is 10.7. The molecule has 3 aromatic carbocycles. The number of hydrogen-bond acceptors (Lipinski definition) is 4. The quantitative estimate of drug-likeness (QED) is 0.333. The molecular weight excluding hydrogens is 416 g/mol. The maximum Gasteiger partial charge on any atom is 0.255 e. The highest BCUT2D eigenvalue weighted by Gasteiger charge is 2.12. The highest BCUT2D eigenvalue weighted by atomic mass is 32.1. The number of benzene rings is 3. The Bertz CT molecular complexity index is 1200. The van der Waals surface area contributed by atoms with Gasteiger partial charge in [0.1, 0.15) is 10.8 Å². The van der Waals surface area contributed by atoms with Gasteiger partial charge in [-0.3, -0.25) is 4.79 Å². The maximum atomic E-state index is 12.7. The van der Waals surface area contributed by atoms with Gasteiger partial charge in [-0.05, 0) is 43.2 Å². The van der Waals surface area contributed by atoms with Crippen molar-refractivity contribution >= 4 is 22.9 Å². The second kappa shape index (κ2) is 9.79. The fourth-order valence-corrected chi connectivity index (χ4v) is 4.21. The summed E-state index contributed by atoms with van der Waals surface area (Å²) in [5.74, 6) is 0.968. The number of ether oxygens (including phenoxy) is 1. The third-order valence-electron chi connectivity index (χ3n) is 4.91. The van der Waals surface area contributed by atoms with E-state index in [0.29, 0.717) is 23.8 Å². The van der Waals surface area contributed by atoms with Gasteiger partial charge in [0.2, 0.25) is 0 Å². The number of rotatable bonds is 7. The average Bonchev–Trinajstić information content (AvgIpc) is 3.20. The lowest BCUT2D eigenvalue weighted by molar-refractivity contribution is 0.102. The van der Waals surface area contributed by atoms with Crippen LogP contribution in [0, 0.1) is 12.8 Å². The summed E-state index contributed by atoms with van der Waals surface area (Å²) >= 11 is 1.69. The van der Waals surface area contributed by atoms with E-state index in [1.165, 1.54) is 4.88 Å². The molecule has 0 fully saturated rings. The number of nitrogens with zero attached hydrogens (tertiary/aromatic N) is 1. The van der Waals surface area contributed by atoms with Crippen molar-refractivity contribution in [3.8, 4) is 27.6 Å². The molecule has 1 aromatic heterocycles. The van der Waals surface area contributed by atoms with E-state index in [-0.39, 0.29) is 5.91 Å². The normalized spacial score (nSPS) is 10.9. The molecule has 5 heteroatoms. The largest absolute Gasteiger partial charge is 0.493 e. The van der Waals surface area contributed by atoms with Crippen LogP contribution in [0.3, 0.4) is 0 Å². The van der Waals surface area contributed by atoms with Crippen LogP contribution in [0.15, 0.2) is 78.9 Å². The van der Waals surface area contributed by atoms with Crippen LogP contribution >= 0.6 is 11.3 Å². The minimum absolute atomic E-state index is 0.163. The number of hydrogen-bond donors (Lipinski definition) is 1. The van der Waals surface area contributed by atoms with E-state index in [2.05, 4.69) is 38.2 Å². The van der Waals surface area contributed by atoms with Gasteiger partial charge in [-0.1, -0.05) is 62.4 Å². The third kappa shape index (κ3) is 5.24. The number of anilines is 1. The number of aromatic nitrogens is 1. The van der Waals surface area contributed by atoms with E-state index in [1.54, 1.807) is 23.5 Å². The average molecular weight is 443 g/mol. The van der Waals surface area contributed by atoms with E-state index in [9.17, 15) is 4.79 Å². The highest BCUT2D eigenvalue weighted by Crippen LogP contribution is 2.33. The molecule has 0 aliphatic carbocycles. The molecule has 32 heavy (non-hydrogen) atoms. The van der Waals surface area contributed by atoms with E-state index in [1.807, 2.05) is 54.6 Å². The van der Waals surface area contributed by atoms with Gasteiger partial charge < -0.3 is 10.1 Å². The Morgan fingerprint density at radius 2 is 1.72 bits per heavy atom. The van der Waals surface area contributed by atoms with Crippen LogP contribution in [0.4, 0.5) is 5.69 Å². The molecule has 4 aromatic rings. The lowest BCUT2D eigenvalue weighted by Crippen LogP contribution is -2.12. The molecule has 0 spiro atoms. The lowest BCUT2D eigenvalue weighted by Gasteiger charge is -2.10. The van der Waals surface area contributed by atoms with Crippen molar-refractivity contribution in [2.24, 2.45) is 5.92 Å². The topological polar surface area (TPSA) is 51.2 Å². The zero-order valence-corrected chi connectivity index (χ0v) is 19.3. The van der Waals surface area contributed by atoms with Gasteiger partial charge in [0.05, 0.1) is 12.3 Å². The first kappa shape index (κ1) is 21.8. The van der Waals surface area contributed by atoms with Crippen molar-refractivity contribution in [2.45, 2.75) is 20.8 Å². The van der Waals surface area contributed by atoms with Gasteiger partial charge in [0.15, 0.2) is 0 Å². The van der Waals surface area contributed by atoms with Crippen molar-refractivity contribution < 1.29 is 9.53 Å². The minimum atomic E-state index is -0.163. The molecule has 0 aliphatic heterocycles. The fraction of sp³-hybridized carbons (Fsp3) is 0.185. The van der Waals surface area contributed by atoms with Gasteiger partial charge in [-0.15, -0.1) is 11.3 Å². The minimum Gasteiger partial charge on any atom is -0.493 e. The van der Waals surface area contributed by atoms with Crippen molar-refractivity contribution in [1.82, 2.24) is 4.98 Å². The van der Waals surface area contributed by atoms with Crippen molar-refractivity contribution in [2.75, 3.05) is 11.9 Å². The molecule has 0 bridgehead atoms. The lowest BCUT2D eigenvalue weighted by atomic mass is 10.1. The first-order valence-corrected chi connectivity index (χ1v) is 11.5. The van der Waals surface area contributed by atoms with E-state index >= 15 is 0 Å². The van der Waals surface area contributed by atoms with E-state index in [4.69, 9.17) is 9.72 Å². The SMILES string of the molecule is Cc1sc(-c2ccccc2)nc1-c1ccc(NC(=O)c2cccc(OCC(C)C)c2)cc1. The Balaban J connectivity index is 1.46. The van der Waals surface area contributed by atoms with E-state index in [0.717, 1.165) is 27.5 Å². The maximum absolute atomic E-state index is 12.7. The fourth-order valence-electron chi connectivity index (χ4n) is 3.27. The summed E-state index contributed by atoms with van der Waals surface area (Å²) in [6.07, 6.45) is 0. The van der Waals surface area contributed by atoms with Crippen molar-refractivity contribution in [3.63, 3.8) is 0 Å². The summed E-state index contributed by atoms with van der Waals surface area (Å²) < 4.78 is 5.73. The van der Waals surface area contributed by atoms with Crippen LogP contribution in [0.25, 0.3) is 21.8 Å². The van der Waals surface area contributed by atoms with Crippen molar-refractivity contribution in [1.29, 1.82) is 0 Å². The molecule has 1 amide bonds. The molecule has 0 unspecified atom stereocenters. The van der Waals surface area contributed by atoms with Gasteiger partial charge >= 0.3 is 0 Å². The highest BCUT2D eigenvalue weighted by molar-refractivity contribution is 7.15. The molecule has 4 nitrogen and oxygen atoms in total. The van der Waals surface area contributed by atoms with E-state index < -0.39 is 0 Å². The Morgan fingerprint density at radius 1 is 0.969 bits per heavy atom. The Hall–Kier alpha value is -3.44. The van der Waals surface area contributed by atoms with Crippen LogP contribution in [0.2, 0.25) is 0 Å². The Kier molecular flexibility index (Phi) is 6.66. The van der Waals surface area contributed by atoms with Crippen LogP contribution < -0.4 is 10.1 Å². The standard InChI is InChI=1S/C27H26N2O2S/c1-18(2)17-31-24-11-7-10-22(16-24)26(30)28-23-14-12-20(13-15-23)25-19(3)32-27(29-25)21-8-5-4-6-9-21/h4-16,18H,17H2,1-3H3,(H,28,30). The smallest absolute Gasteiger partial charge is 0.255 e. The predicted octanol–water partition coefficient (Wildman–Crippen LogP) is 7.07. The number of nitrogens with one attached hydrogen (secondary N) is 1. The Morgan fingerprint density at radius 3 is 2.44 bits per heavy atom. The number of aryl methyl sites for hydroxylation is 1. The zero-order valence-electron chi connectivity index (χ0n) is 18.5. The number of carbonyl (C=O) groups is 1. The number of carbonyl (C=O) groups excluding carboxylic acids is 1. The molecule has 4 rings (SSSR count). The molecule has 1 heterocycles. The van der Waals surface area contributed by atoms with Gasteiger partial charge in [-0.2, -0.15) is 0 Å².